The van der Waals surface area contributed by atoms with Crippen LogP contribution in [0.25, 0.3) is 0 Å². The maximum absolute atomic E-state index is 13.7. The number of hydrogen-bond acceptors (Lipinski definition) is 4. The maximum atomic E-state index is 13.7. The van der Waals surface area contributed by atoms with Gasteiger partial charge < -0.3 is 5.32 Å². The zero-order valence-electron chi connectivity index (χ0n) is 13.3. The molecule has 2 aromatic rings. The normalized spacial score (nSPS) is 20.3. The lowest BCUT2D eigenvalue weighted by Crippen LogP contribution is -2.62. The lowest BCUT2D eigenvalue weighted by molar-refractivity contribution is -0.190. The Kier molecular flexibility index (Phi) is 4.74. The largest absolute Gasteiger partial charge is 0.437 e. The Hall–Kier alpha value is -2.43. The second-order valence-electron chi connectivity index (χ2n) is 5.55. The van der Waals surface area contributed by atoms with Gasteiger partial charge in [-0.2, -0.15) is 17.9 Å². The van der Waals surface area contributed by atoms with Crippen molar-refractivity contribution in [2.75, 3.05) is 0 Å². The van der Waals surface area contributed by atoms with E-state index in [9.17, 15) is 26.4 Å². The third-order valence-corrected chi connectivity index (χ3v) is 5.41. The highest BCUT2D eigenvalue weighted by Gasteiger charge is 2.66. The molecule has 0 saturated carbocycles. The fourth-order valence-electron chi connectivity index (χ4n) is 2.36. The highest BCUT2D eigenvalue weighted by atomic mass is 35.5. The standard InChI is InChI=1S/C16H11ClF3N3O3S/c17-11-6-8-12(9-7-11)27(25,26)23-15(16(18,19)20)14(24)21-13(22-15)10-4-2-1-3-5-10/h1-9,23H,(H,21,22,24). The van der Waals surface area contributed by atoms with Crippen LogP contribution in [0.15, 0.2) is 64.5 Å². The van der Waals surface area contributed by atoms with Crippen molar-refractivity contribution < 1.29 is 26.4 Å². The minimum atomic E-state index is -5.33. The quantitative estimate of drug-likeness (QED) is 0.801. The molecule has 0 saturated heterocycles. The molecule has 1 heterocycles. The van der Waals surface area contributed by atoms with Gasteiger partial charge in [-0.15, -0.1) is 0 Å². The van der Waals surface area contributed by atoms with Crippen molar-refractivity contribution in [3.63, 3.8) is 0 Å². The van der Waals surface area contributed by atoms with Crippen molar-refractivity contribution in [1.82, 2.24) is 10.0 Å². The summed E-state index contributed by atoms with van der Waals surface area (Å²) < 4.78 is 67.5. The summed E-state index contributed by atoms with van der Waals surface area (Å²) in [5.74, 6) is -2.04. The molecule has 0 aliphatic carbocycles. The van der Waals surface area contributed by atoms with Gasteiger partial charge in [0, 0.05) is 10.6 Å². The van der Waals surface area contributed by atoms with Gasteiger partial charge >= 0.3 is 11.8 Å². The molecule has 1 unspecified atom stereocenters. The molecule has 27 heavy (non-hydrogen) atoms. The van der Waals surface area contributed by atoms with Crippen LogP contribution in [-0.2, 0) is 14.8 Å². The fraction of sp³-hybridized carbons (Fsp3) is 0.125. The topological polar surface area (TPSA) is 87.6 Å². The monoisotopic (exact) mass is 417 g/mol. The summed E-state index contributed by atoms with van der Waals surface area (Å²) in [7, 11) is -4.74. The molecule has 1 amide bonds. The molecule has 0 bridgehead atoms. The van der Waals surface area contributed by atoms with Crippen LogP contribution >= 0.6 is 11.6 Å². The SMILES string of the molecule is O=C1NC(c2ccccc2)=NC1(NS(=O)(=O)c1ccc(Cl)cc1)C(F)(F)F. The smallest absolute Gasteiger partial charge is 0.307 e. The van der Waals surface area contributed by atoms with Crippen LogP contribution < -0.4 is 10.0 Å². The number of rotatable bonds is 4. The lowest BCUT2D eigenvalue weighted by Gasteiger charge is -2.26. The zero-order chi connectivity index (χ0) is 19.9. The first-order chi connectivity index (χ1) is 12.6. The third kappa shape index (κ3) is 3.55. The second kappa shape index (κ2) is 6.63. The Bertz CT molecular complexity index is 1010. The molecule has 1 atom stereocenters. The number of nitrogens with one attached hydrogen (secondary N) is 2. The molecule has 0 spiro atoms. The molecule has 0 aromatic heterocycles. The number of nitrogens with zero attached hydrogens (tertiary/aromatic N) is 1. The minimum Gasteiger partial charge on any atom is -0.307 e. The van der Waals surface area contributed by atoms with E-state index in [0.717, 1.165) is 12.1 Å². The Balaban J connectivity index is 2.08. The number of hydrogen-bond donors (Lipinski definition) is 2. The Morgan fingerprint density at radius 3 is 2.19 bits per heavy atom. The Morgan fingerprint density at radius 1 is 1.04 bits per heavy atom. The predicted octanol–water partition coefficient (Wildman–Crippen LogP) is 2.45. The van der Waals surface area contributed by atoms with Gasteiger partial charge in [0.2, 0.25) is 10.0 Å². The van der Waals surface area contributed by atoms with E-state index in [1.165, 1.54) is 41.1 Å². The van der Waals surface area contributed by atoms with E-state index in [-0.39, 0.29) is 10.6 Å². The first-order valence-corrected chi connectivity index (χ1v) is 9.24. The molecular formula is C16H11ClF3N3O3S. The summed E-state index contributed by atoms with van der Waals surface area (Å²) >= 11 is 5.66. The molecule has 0 radical (unpaired) electrons. The zero-order valence-corrected chi connectivity index (χ0v) is 14.9. The van der Waals surface area contributed by atoms with Gasteiger partial charge in [0.05, 0.1) is 4.90 Å². The molecular weight excluding hydrogens is 407 g/mol. The molecule has 1 aliphatic rings. The van der Waals surface area contributed by atoms with Gasteiger partial charge in [0.15, 0.2) is 0 Å². The average molecular weight is 418 g/mol. The van der Waals surface area contributed by atoms with E-state index in [0.29, 0.717) is 0 Å². The van der Waals surface area contributed by atoms with E-state index >= 15 is 0 Å². The maximum Gasteiger partial charge on any atom is 0.437 e. The number of sulfonamides is 1. The molecule has 2 aromatic carbocycles. The highest BCUT2D eigenvalue weighted by molar-refractivity contribution is 7.89. The van der Waals surface area contributed by atoms with E-state index in [1.807, 2.05) is 5.32 Å². The molecule has 6 nitrogen and oxygen atoms in total. The molecule has 0 fully saturated rings. The molecule has 3 rings (SSSR count). The highest BCUT2D eigenvalue weighted by Crippen LogP contribution is 2.36. The third-order valence-electron chi connectivity index (χ3n) is 3.70. The number of amidine groups is 1. The van der Waals surface area contributed by atoms with Gasteiger partial charge in [0.1, 0.15) is 5.84 Å². The number of carbonyl (C=O) groups is 1. The fourth-order valence-corrected chi connectivity index (χ4v) is 3.74. The summed E-state index contributed by atoms with van der Waals surface area (Å²) in [4.78, 5) is 15.1. The van der Waals surface area contributed by atoms with Crippen molar-refractivity contribution in [1.29, 1.82) is 0 Å². The Morgan fingerprint density at radius 2 is 1.63 bits per heavy atom. The summed E-state index contributed by atoms with van der Waals surface area (Å²) in [6.07, 6.45) is -5.33. The molecule has 11 heteroatoms. The van der Waals surface area contributed by atoms with Crippen LogP contribution in [0.4, 0.5) is 13.2 Å². The van der Waals surface area contributed by atoms with Crippen LogP contribution in [0.3, 0.4) is 0 Å². The number of amides is 1. The van der Waals surface area contributed by atoms with E-state index in [4.69, 9.17) is 11.6 Å². The first-order valence-electron chi connectivity index (χ1n) is 7.38. The Labute approximate surface area is 157 Å². The average Bonchev–Trinajstić information content (AvgIpc) is 2.93. The number of aliphatic imine (C=N–C) groups is 1. The number of carbonyl (C=O) groups excluding carboxylic acids is 1. The molecule has 2 N–H and O–H groups in total. The predicted molar refractivity (Wildman–Crippen MR) is 91.7 cm³/mol. The first kappa shape index (κ1) is 19.3. The minimum absolute atomic E-state index is 0.197. The molecule has 1 aliphatic heterocycles. The van der Waals surface area contributed by atoms with E-state index < -0.39 is 38.5 Å². The van der Waals surface area contributed by atoms with Crippen LogP contribution in [0.1, 0.15) is 5.56 Å². The summed E-state index contributed by atoms with van der Waals surface area (Å²) in [6, 6.07) is 12.0. The van der Waals surface area contributed by atoms with Gasteiger partial charge in [-0.1, -0.05) is 41.9 Å². The van der Waals surface area contributed by atoms with E-state index in [1.54, 1.807) is 6.07 Å². The van der Waals surface area contributed by atoms with Crippen LogP contribution in [0.5, 0.6) is 0 Å². The lowest BCUT2D eigenvalue weighted by atomic mass is 10.2. The number of halogens is 4. The molecule has 142 valence electrons. The van der Waals surface area contributed by atoms with Crippen molar-refractivity contribution in [2.45, 2.75) is 16.7 Å². The van der Waals surface area contributed by atoms with Crippen molar-refractivity contribution in [2.24, 2.45) is 4.99 Å². The summed E-state index contributed by atoms with van der Waals surface area (Å²) in [5.41, 5.74) is -3.49. The summed E-state index contributed by atoms with van der Waals surface area (Å²) in [6.45, 7) is 0. The van der Waals surface area contributed by atoms with Gasteiger partial charge in [-0.05, 0) is 24.3 Å². The van der Waals surface area contributed by atoms with Crippen LogP contribution in [0.2, 0.25) is 5.02 Å². The number of alkyl halides is 3. The second-order valence-corrected chi connectivity index (χ2v) is 7.67. The van der Waals surface area contributed by atoms with Crippen molar-refractivity contribution in [3.8, 4) is 0 Å². The van der Waals surface area contributed by atoms with Crippen molar-refractivity contribution >= 4 is 33.4 Å². The van der Waals surface area contributed by atoms with Crippen LogP contribution in [0, 0.1) is 0 Å². The van der Waals surface area contributed by atoms with Gasteiger partial charge in [0.25, 0.3) is 5.91 Å². The van der Waals surface area contributed by atoms with Gasteiger partial charge in [-0.25, -0.2) is 13.4 Å². The van der Waals surface area contributed by atoms with Crippen molar-refractivity contribution in [3.05, 3.63) is 65.2 Å². The van der Waals surface area contributed by atoms with Gasteiger partial charge in [-0.3, -0.25) is 4.79 Å². The van der Waals surface area contributed by atoms with Crippen LogP contribution in [-0.4, -0.2) is 32.0 Å². The number of benzene rings is 2. The summed E-state index contributed by atoms with van der Waals surface area (Å²) in [5, 5.41) is 2.19. The van der Waals surface area contributed by atoms with E-state index in [2.05, 4.69) is 4.99 Å².